The van der Waals surface area contributed by atoms with Crippen LogP contribution in [-0.4, -0.2) is 80.8 Å². The minimum absolute atomic E-state index is 0.101. The van der Waals surface area contributed by atoms with Crippen LogP contribution in [0.4, 0.5) is 0 Å². The zero-order valence-corrected chi connectivity index (χ0v) is 19.6. The molecule has 180 valence electrons. The molecule has 4 heterocycles. The van der Waals surface area contributed by atoms with Crippen molar-refractivity contribution in [2.24, 2.45) is 0 Å². The summed E-state index contributed by atoms with van der Waals surface area (Å²) in [6, 6.07) is 8.10. The molecule has 2 aromatic heterocycles. The number of hydrogen-bond donors (Lipinski definition) is 0. The van der Waals surface area contributed by atoms with Crippen molar-refractivity contribution < 1.29 is 14.3 Å². The van der Waals surface area contributed by atoms with Crippen LogP contribution in [0.5, 0.6) is 0 Å². The largest absolute Gasteiger partial charge is 0.462 e. The number of cyclic esters (lactones) is 1. The van der Waals surface area contributed by atoms with Crippen molar-refractivity contribution in [2.75, 3.05) is 39.3 Å². The highest BCUT2D eigenvalue weighted by atomic mass is 16.5. The Labute approximate surface area is 203 Å². The third kappa shape index (κ3) is 4.32. The van der Waals surface area contributed by atoms with Crippen LogP contribution in [0, 0.1) is 0 Å². The molecular weight excluding hydrogens is 444 g/mol. The maximum atomic E-state index is 13.3. The predicted molar refractivity (Wildman–Crippen MR) is 127 cm³/mol. The Hall–Kier alpha value is -3.59. The summed E-state index contributed by atoms with van der Waals surface area (Å²) in [5.41, 5.74) is 5.27. The van der Waals surface area contributed by atoms with Crippen LogP contribution in [0.3, 0.4) is 0 Å². The highest BCUT2D eigenvalue weighted by Gasteiger charge is 2.33. The van der Waals surface area contributed by atoms with E-state index in [4.69, 9.17) is 4.74 Å². The second kappa shape index (κ2) is 9.22. The number of carbonyl (C=O) groups excluding carboxylic acids is 2. The van der Waals surface area contributed by atoms with Gasteiger partial charge in [0, 0.05) is 45.3 Å². The van der Waals surface area contributed by atoms with Crippen molar-refractivity contribution in [3.8, 4) is 5.82 Å². The summed E-state index contributed by atoms with van der Waals surface area (Å²) in [4.78, 5) is 38.1. The van der Waals surface area contributed by atoms with Crippen LogP contribution in [0.1, 0.15) is 45.0 Å². The molecule has 0 radical (unpaired) electrons. The Balaban J connectivity index is 1.03. The highest BCUT2D eigenvalue weighted by molar-refractivity contribution is 5.92. The predicted octanol–water partition coefficient (Wildman–Crippen LogP) is 1.79. The molecule has 6 rings (SSSR count). The summed E-state index contributed by atoms with van der Waals surface area (Å²) >= 11 is 0. The van der Waals surface area contributed by atoms with E-state index in [0.717, 1.165) is 75.4 Å². The fraction of sp³-hybridized carbons (Fsp3) is 0.423. The standard InChI is InChI=1S/C26H28N6O3/c33-25(22-4-2-19-14-24(28-15-23(19)22)32-17-27-16-29-32)31-10-8-30(9-11-31)7-5-18-1-3-21-20(13-18)6-12-35-26(21)34/h1,3,13-17,22H,2,4-12H2. The molecule has 2 aliphatic heterocycles. The van der Waals surface area contributed by atoms with E-state index in [9.17, 15) is 9.59 Å². The van der Waals surface area contributed by atoms with Gasteiger partial charge in [-0.3, -0.25) is 9.69 Å². The molecule has 35 heavy (non-hydrogen) atoms. The smallest absolute Gasteiger partial charge is 0.338 e. The number of rotatable bonds is 5. The van der Waals surface area contributed by atoms with Gasteiger partial charge < -0.3 is 9.64 Å². The SMILES string of the molecule is O=C1OCCc2cc(CCN3CCN(C(=O)C4CCc5cc(-n6cncn6)ncc54)CC3)ccc21. The van der Waals surface area contributed by atoms with Gasteiger partial charge >= 0.3 is 5.97 Å². The zero-order chi connectivity index (χ0) is 23.8. The molecule has 1 fully saturated rings. The van der Waals surface area contributed by atoms with Crippen molar-refractivity contribution in [3.05, 3.63) is 70.9 Å². The molecule has 9 heteroatoms. The van der Waals surface area contributed by atoms with Crippen molar-refractivity contribution in [2.45, 2.75) is 31.6 Å². The third-order valence-corrected chi connectivity index (χ3v) is 7.43. The number of piperazine rings is 1. The Morgan fingerprint density at radius 1 is 1.09 bits per heavy atom. The first-order valence-corrected chi connectivity index (χ1v) is 12.3. The average Bonchev–Trinajstić information content (AvgIpc) is 3.57. The van der Waals surface area contributed by atoms with Crippen molar-refractivity contribution >= 4 is 11.9 Å². The number of nitrogens with zero attached hydrogens (tertiary/aromatic N) is 6. The molecular formula is C26H28N6O3. The normalized spacial score (nSPS) is 19.8. The molecule has 0 saturated carbocycles. The average molecular weight is 473 g/mol. The second-order valence-corrected chi connectivity index (χ2v) is 9.47. The van der Waals surface area contributed by atoms with Crippen molar-refractivity contribution in [1.82, 2.24) is 29.5 Å². The number of fused-ring (bicyclic) bond motifs is 2. The van der Waals surface area contributed by atoms with E-state index in [-0.39, 0.29) is 17.8 Å². The van der Waals surface area contributed by atoms with E-state index >= 15 is 0 Å². The van der Waals surface area contributed by atoms with Crippen LogP contribution < -0.4 is 0 Å². The number of esters is 1. The number of hydrogen-bond acceptors (Lipinski definition) is 7. The van der Waals surface area contributed by atoms with Gasteiger partial charge in [0.15, 0.2) is 5.82 Å². The molecule has 9 nitrogen and oxygen atoms in total. The molecule has 1 unspecified atom stereocenters. The van der Waals surface area contributed by atoms with E-state index in [1.807, 2.05) is 29.3 Å². The van der Waals surface area contributed by atoms with E-state index in [2.05, 4.69) is 26.0 Å². The molecule has 0 spiro atoms. The molecule has 1 atom stereocenters. The van der Waals surface area contributed by atoms with Gasteiger partial charge in [-0.05, 0) is 53.6 Å². The minimum atomic E-state index is -0.213. The van der Waals surface area contributed by atoms with Crippen LogP contribution >= 0.6 is 0 Å². The second-order valence-electron chi connectivity index (χ2n) is 9.47. The first-order chi connectivity index (χ1) is 17.2. The summed E-state index contributed by atoms with van der Waals surface area (Å²) in [6.07, 6.45) is 8.41. The highest BCUT2D eigenvalue weighted by Crippen LogP contribution is 2.35. The number of ether oxygens (including phenoxy) is 1. The molecule has 0 N–H and O–H groups in total. The molecule has 3 aliphatic rings. The topological polar surface area (TPSA) is 93.5 Å². The van der Waals surface area contributed by atoms with Crippen LogP contribution in [0.25, 0.3) is 5.82 Å². The number of amides is 1. The Morgan fingerprint density at radius 3 is 2.80 bits per heavy atom. The zero-order valence-electron chi connectivity index (χ0n) is 19.6. The first kappa shape index (κ1) is 21.9. The molecule has 1 aliphatic carbocycles. The van der Waals surface area contributed by atoms with E-state index in [1.165, 1.54) is 17.5 Å². The summed E-state index contributed by atoms with van der Waals surface area (Å²) in [7, 11) is 0. The van der Waals surface area contributed by atoms with Gasteiger partial charge in [0.2, 0.25) is 5.91 Å². The maximum Gasteiger partial charge on any atom is 0.338 e. The van der Waals surface area contributed by atoms with Gasteiger partial charge in [0.1, 0.15) is 12.7 Å². The monoisotopic (exact) mass is 472 g/mol. The van der Waals surface area contributed by atoms with E-state index in [0.29, 0.717) is 12.2 Å². The lowest BCUT2D eigenvalue weighted by atomic mass is 9.98. The molecule has 1 saturated heterocycles. The van der Waals surface area contributed by atoms with E-state index < -0.39 is 0 Å². The van der Waals surface area contributed by atoms with Crippen LogP contribution in [-0.2, 0) is 28.8 Å². The van der Waals surface area contributed by atoms with Gasteiger partial charge in [-0.15, -0.1) is 0 Å². The summed E-state index contributed by atoms with van der Waals surface area (Å²) < 4.78 is 6.76. The van der Waals surface area contributed by atoms with Gasteiger partial charge in [-0.25, -0.2) is 19.4 Å². The number of aromatic nitrogens is 4. The first-order valence-electron chi connectivity index (χ1n) is 12.3. The number of pyridine rings is 1. The molecule has 1 aromatic carbocycles. The van der Waals surface area contributed by atoms with Crippen LogP contribution in [0.2, 0.25) is 0 Å². The van der Waals surface area contributed by atoms with E-state index in [1.54, 1.807) is 11.0 Å². The molecule has 1 amide bonds. The minimum Gasteiger partial charge on any atom is -0.462 e. The van der Waals surface area contributed by atoms with Gasteiger partial charge in [0.25, 0.3) is 0 Å². The number of benzene rings is 1. The van der Waals surface area contributed by atoms with Crippen LogP contribution in [0.15, 0.2) is 43.1 Å². The fourth-order valence-corrected chi connectivity index (χ4v) is 5.43. The Morgan fingerprint density at radius 2 is 1.97 bits per heavy atom. The van der Waals surface area contributed by atoms with Gasteiger partial charge in [-0.2, -0.15) is 5.10 Å². The van der Waals surface area contributed by atoms with Gasteiger partial charge in [-0.1, -0.05) is 12.1 Å². The summed E-state index contributed by atoms with van der Waals surface area (Å²) in [5, 5.41) is 4.15. The van der Waals surface area contributed by atoms with Gasteiger partial charge in [0.05, 0.1) is 18.1 Å². The number of aryl methyl sites for hydroxylation is 1. The lowest BCUT2D eigenvalue weighted by molar-refractivity contribution is -0.134. The Bertz CT molecular complexity index is 1250. The lowest BCUT2D eigenvalue weighted by Crippen LogP contribution is -2.50. The third-order valence-electron chi connectivity index (χ3n) is 7.43. The summed E-state index contributed by atoms with van der Waals surface area (Å²) in [5.74, 6) is 0.646. The molecule has 0 bridgehead atoms. The maximum absolute atomic E-state index is 13.3. The quantitative estimate of drug-likeness (QED) is 0.523. The fourth-order valence-electron chi connectivity index (χ4n) is 5.43. The molecule has 3 aromatic rings. The Kier molecular flexibility index (Phi) is 5.77. The number of carbonyl (C=O) groups is 2. The van der Waals surface area contributed by atoms with Crippen molar-refractivity contribution in [1.29, 1.82) is 0 Å². The lowest BCUT2D eigenvalue weighted by Gasteiger charge is -2.36. The van der Waals surface area contributed by atoms with Crippen molar-refractivity contribution in [3.63, 3.8) is 0 Å². The summed E-state index contributed by atoms with van der Waals surface area (Å²) in [6.45, 7) is 4.69.